The highest BCUT2D eigenvalue weighted by atomic mass is 16.2. The lowest BCUT2D eigenvalue weighted by atomic mass is 10.0. The van der Waals surface area contributed by atoms with Crippen molar-refractivity contribution >= 4 is 0 Å². The topological polar surface area (TPSA) is 35.5 Å². The van der Waals surface area contributed by atoms with E-state index in [9.17, 15) is 0 Å². The lowest BCUT2D eigenvalue weighted by Gasteiger charge is -2.30. The van der Waals surface area contributed by atoms with E-state index in [1.165, 1.54) is 71.1 Å². The molecule has 0 amide bonds. The summed E-state index contributed by atoms with van der Waals surface area (Å²) in [5, 5.41) is 12.4. The van der Waals surface area contributed by atoms with Gasteiger partial charge in [-0.25, -0.2) is 0 Å². The van der Waals surface area contributed by atoms with Gasteiger partial charge in [0.2, 0.25) is 0 Å². The largest absolute Gasteiger partial charge is 0.396 e. The zero-order valence-corrected chi connectivity index (χ0v) is 12.2. The molecule has 0 bridgehead atoms. The van der Waals surface area contributed by atoms with Crippen molar-refractivity contribution in [3.63, 3.8) is 0 Å². The first-order valence-corrected chi connectivity index (χ1v) is 7.93. The number of rotatable bonds is 10. The Balaban J connectivity index is 2.12. The predicted octanol–water partition coefficient (Wildman–Crippen LogP) is 2.39. The summed E-state index contributed by atoms with van der Waals surface area (Å²) in [5.74, 6) is 0. The Morgan fingerprint density at radius 3 is 2.61 bits per heavy atom. The number of hydrogen-bond acceptors (Lipinski definition) is 3. The summed E-state index contributed by atoms with van der Waals surface area (Å²) in [6.07, 6.45) is 10.1. The summed E-state index contributed by atoms with van der Waals surface area (Å²) in [6.45, 7) is 7.53. The summed E-state index contributed by atoms with van der Waals surface area (Å²) in [4.78, 5) is 2.63. The molecule has 1 aliphatic rings. The average Bonchev–Trinajstić information content (AvgIpc) is 2.40. The van der Waals surface area contributed by atoms with Crippen LogP contribution in [0.15, 0.2) is 0 Å². The quantitative estimate of drug-likeness (QED) is 0.589. The van der Waals surface area contributed by atoms with Crippen molar-refractivity contribution in [3.05, 3.63) is 0 Å². The maximum absolute atomic E-state index is 8.76. The molecule has 0 aliphatic carbocycles. The second-order valence-corrected chi connectivity index (χ2v) is 5.59. The van der Waals surface area contributed by atoms with Crippen LogP contribution in [0.25, 0.3) is 0 Å². The van der Waals surface area contributed by atoms with Crippen LogP contribution in [0.4, 0.5) is 0 Å². The van der Waals surface area contributed by atoms with Crippen LogP contribution in [-0.2, 0) is 0 Å². The molecule has 0 aromatic rings. The molecule has 1 unspecified atom stereocenters. The van der Waals surface area contributed by atoms with Gasteiger partial charge in [-0.1, -0.05) is 26.2 Å². The highest BCUT2D eigenvalue weighted by molar-refractivity contribution is 4.76. The molecule has 1 saturated heterocycles. The Morgan fingerprint density at radius 1 is 1.11 bits per heavy atom. The Hall–Kier alpha value is -0.120. The average molecular weight is 256 g/mol. The first kappa shape index (κ1) is 15.9. The summed E-state index contributed by atoms with van der Waals surface area (Å²) in [7, 11) is 0. The molecule has 18 heavy (non-hydrogen) atoms. The van der Waals surface area contributed by atoms with Crippen molar-refractivity contribution in [1.29, 1.82) is 0 Å². The van der Waals surface area contributed by atoms with Crippen molar-refractivity contribution in [2.75, 3.05) is 32.8 Å². The third-order valence-corrected chi connectivity index (χ3v) is 3.81. The van der Waals surface area contributed by atoms with Gasteiger partial charge >= 0.3 is 0 Å². The number of piperidine rings is 1. The van der Waals surface area contributed by atoms with Crippen molar-refractivity contribution in [3.8, 4) is 0 Å². The third-order valence-electron chi connectivity index (χ3n) is 3.81. The molecule has 2 N–H and O–H groups in total. The normalized spacial score (nSPS) is 20.5. The number of hydrogen-bond donors (Lipinski definition) is 2. The fraction of sp³-hybridized carbons (Fsp3) is 1.00. The van der Waals surface area contributed by atoms with E-state index in [4.69, 9.17) is 5.11 Å². The second-order valence-electron chi connectivity index (χ2n) is 5.59. The molecule has 0 radical (unpaired) electrons. The number of unbranched alkanes of at least 4 members (excludes halogenated alkanes) is 3. The third kappa shape index (κ3) is 7.34. The smallest absolute Gasteiger partial charge is 0.0431 e. The molecule has 108 valence electrons. The van der Waals surface area contributed by atoms with Crippen LogP contribution in [0.2, 0.25) is 0 Å². The van der Waals surface area contributed by atoms with E-state index >= 15 is 0 Å². The van der Waals surface area contributed by atoms with Crippen LogP contribution in [0.5, 0.6) is 0 Å². The van der Waals surface area contributed by atoms with Gasteiger partial charge < -0.3 is 15.3 Å². The van der Waals surface area contributed by atoms with E-state index in [0.717, 1.165) is 12.5 Å². The number of aliphatic hydroxyl groups excluding tert-OH is 1. The molecule has 1 atom stereocenters. The molecule has 0 saturated carbocycles. The molecule has 1 heterocycles. The molecule has 3 nitrogen and oxygen atoms in total. The Kier molecular flexibility index (Phi) is 9.54. The minimum absolute atomic E-state index is 0.352. The van der Waals surface area contributed by atoms with Crippen molar-refractivity contribution < 1.29 is 5.11 Å². The van der Waals surface area contributed by atoms with Crippen molar-refractivity contribution in [2.24, 2.45) is 0 Å². The van der Waals surface area contributed by atoms with Gasteiger partial charge in [0.15, 0.2) is 0 Å². The van der Waals surface area contributed by atoms with E-state index in [-0.39, 0.29) is 0 Å². The summed E-state index contributed by atoms with van der Waals surface area (Å²) < 4.78 is 0. The Labute approximate surface area is 113 Å². The fourth-order valence-electron chi connectivity index (χ4n) is 2.80. The van der Waals surface area contributed by atoms with Gasteiger partial charge in [0.05, 0.1) is 0 Å². The molecule has 3 heteroatoms. The minimum Gasteiger partial charge on any atom is -0.396 e. The maximum atomic E-state index is 8.76. The van der Waals surface area contributed by atoms with E-state index in [2.05, 4.69) is 17.1 Å². The van der Waals surface area contributed by atoms with Crippen molar-refractivity contribution in [2.45, 2.75) is 64.3 Å². The SMILES string of the molecule is CCCN(CCCCCCO)CC1CCCCN1. The fourth-order valence-corrected chi connectivity index (χ4v) is 2.80. The number of nitrogens with one attached hydrogen (secondary N) is 1. The molecule has 0 aromatic heterocycles. The second kappa shape index (κ2) is 10.8. The van der Waals surface area contributed by atoms with Gasteiger partial charge in [-0.2, -0.15) is 0 Å². The van der Waals surface area contributed by atoms with Crippen LogP contribution >= 0.6 is 0 Å². The van der Waals surface area contributed by atoms with Gasteiger partial charge in [0.25, 0.3) is 0 Å². The zero-order chi connectivity index (χ0) is 13.1. The van der Waals surface area contributed by atoms with Crippen LogP contribution in [0.3, 0.4) is 0 Å². The van der Waals surface area contributed by atoms with Gasteiger partial charge in [-0.15, -0.1) is 0 Å². The maximum Gasteiger partial charge on any atom is 0.0431 e. The molecule has 1 fully saturated rings. The van der Waals surface area contributed by atoms with Gasteiger partial charge in [-0.05, 0) is 51.7 Å². The summed E-state index contributed by atoms with van der Waals surface area (Å²) >= 11 is 0. The van der Waals surface area contributed by atoms with E-state index in [0.29, 0.717) is 6.61 Å². The molecule has 0 aromatic carbocycles. The summed E-state index contributed by atoms with van der Waals surface area (Å²) in [6, 6.07) is 0.725. The van der Waals surface area contributed by atoms with Crippen LogP contribution in [0.1, 0.15) is 58.3 Å². The van der Waals surface area contributed by atoms with E-state index in [1.807, 2.05) is 0 Å². The van der Waals surface area contributed by atoms with E-state index in [1.54, 1.807) is 0 Å². The first-order valence-electron chi connectivity index (χ1n) is 7.93. The van der Waals surface area contributed by atoms with Crippen LogP contribution < -0.4 is 5.32 Å². The van der Waals surface area contributed by atoms with Gasteiger partial charge in [0, 0.05) is 19.2 Å². The van der Waals surface area contributed by atoms with Crippen LogP contribution in [-0.4, -0.2) is 48.8 Å². The molecule has 1 rings (SSSR count). The monoisotopic (exact) mass is 256 g/mol. The lowest BCUT2D eigenvalue weighted by molar-refractivity contribution is 0.218. The standard InChI is InChI=1S/C15H32N2O/c1-2-11-17(12-7-3-4-8-13-18)14-15-9-5-6-10-16-15/h15-16,18H,2-14H2,1H3. The molecule has 1 aliphatic heterocycles. The zero-order valence-electron chi connectivity index (χ0n) is 12.2. The number of nitrogens with zero attached hydrogens (tertiary/aromatic N) is 1. The predicted molar refractivity (Wildman–Crippen MR) is 77.9 cm³/mol. The highest BCUT2D eigenvalue weighted by Crippen LogP contribution is 2.10. The van der Waals surface area contributed by atoms with Crippen LogP contribution in [0, 0.1) is 0 Å². The molecular formula is C15H32N2O. The number of aliphatic hydroxyl groups is 1. The molecule has 0 spiro atoms. The highest BCUT2D eigenvalue weighted by Gasteiger charge is 2.15. The Bertz CT molecular complexity index is 181. The minimum atomic E-state index is 0.352. The molecular weight excluding hydrogens is 224 g/mol. The van der Waals surface area contributed by atoms with Crippen molar-refractivity contribution in [1.82, 2.24) is 10.2 Å². The lowest BCUT2D eigenvalue weighted by Crippen LogP contribution is -2.44. The van der Waals surface area contributed by atoms with Gasteiger partial charge in [-0.3, -0.25) is 0 Å². The Morgan fingerprint density at radius 2 is 1.94 bits per heavy atom. The first-order chi connectivity index (χ1) is 8.86. The summed E-state index contributed by atoms with van der Waals surface area (Å²) in [5.41, 5.74) is 0. The van der Waals surface area contributed by atoms with E-state index < -0.39 is 0 Å². The van der Waals surface area contributed by atoms with Gasteiger partial charge in [0.1, 0.15) is 0 Å².